The largest absolute Gasteiger partial charge is 0.382 e. The van der Waals surface area contributed by atoms with Gasteiger partial charge in [0.1, 0.15) is 0 Å². The van der Waals surface area contributed by atoms with E-state index in [-0.39, 0.29) is 0 Å². The van der Waals surface area contributed by atoms with Crippen molar-refractivity contribution in [3.05, 3.63) is 0 Å². The second-order valence-electron chi connectivity index (χ2n) is 5.41. The van der Waals surface area contributed by atoms with Crippen molar-refractivity contribution < 1.29 is 9.47 Å². The minimum Gasteiger partial charge on any atom is -0.382 e. The summed E-state index contributed by atoms with van der Waals surface area (Å²) in [5.41, 5.74) is 0. The Balaban J connectivity index is 2.03. The molecule has 19 heavy (non-hydrogen) atoms. The minimum absolute atomic E-state index is 0.699. The highest BCUT2D eigenvalue weighted by Gasteiger charge is 2.16. The fourth-order valence-corrected chi connectivity index (χ4v) is 2.61. The summed E-state index contributed by atoms with van der Waals surface area (Å²) in [4.78, 5) is 2.62. The third-order valence-electron chi connectivity index (χ3n) is 3.64. The molecule has 1 rings (SSSR count). The molecule has 1 heterocycles. The van der Waals surface area contributed by atoms with Crippen molar-refractivity contribution in [3.8, 4) is 0 Å². The van der Waals surface area contributed by atoms with Gasteiger partial charge in [0.25, 0.3) is 0 Å². The van der Waals surface area contributed by atoms with Crippen LogP contribution in [0.2, 0.25) is 0 Å². The number of nitrogens with zero attached hydrogens (tertiary/aromatic N) is 1. The van der Waals surface area contributed by atoms with Crippen molar-refractivity contribution in [2.75, 3.05) is 53.1 Å². The second kappa shape index (κ2) is 11.6. The molecule has 1 N–H and O–H groups in total. The number of ether oxygens (including phenoxy) is 2. The van der Waals surface area contributed by atoms with E-state index >= 15 is 0 Å². The Morgan fingerprint density at radius 2 is 2.11 bits per heavy atom. The van der Waals surface area contributed by atoms with Gasteiger partial charge in [-0.15, -0.1) is 0 Å². The van der Waals surface area contributed by atoms with E-state index in [4.69, 9.17) is 9.47 Å². The van der Waals surface area contributed by atoms with Gasteiger partial charge in [0.15, 0.2) is 0 Å². The van der Waals surface area contributed by atoms with Crippen LogP contribution in [0.4, 0.5) is 0 Å². The first-order valence-corrected chi connectivity index (χ1v) is 7.89. The second-order valence-corrected chi connectivity index (χ2v) is 5.41. The summed E-state index contributed by atoms with van der Waals surface area (Å²) < 4.78 is 10.4. The van der Waals surface area contributed by atoms with Gasteiger partial charge in [-0.3, -0.25) is 0 Å². The van der Waals surface area contributed by atoms with Crippen molar-refractivity contribution >= 4 is 0 Å². The van der Waals surface area contributed by atoms with Gasteiger partial charge in [-0.05, 0) is 45.3 Å². The molecule has 0 aliphatic carbocycles. The van der Waals surface area contributed by atoms with Crippen LogP contribution in [-0.2, 0) is 9.47 Å². The summed E-state index contributed by atoms with van der Waals surface area (Å²) in [6.45, 7) is 9.44. The molecule has 0 bridgehead atoms. The lowest BCUT2D eigenvalue weighted by Crippen LogP contribution is -2.37. The van der Waals surface area contributed by atoms with Crippen molar-refractivity contribution in [2.24, 2.45) is 0 Å². The molecule has 0 radical (unpaired) electrons. The van der Waals surface area contributed by atoms with Gasteiger partial charge in [0.05, 0.1) is 13.2 Å². The molecule has 4 heteroatoms. The van der Waals surface area contributed by atoms with E-state index in [0.717, 1.165) is 19.6 Å². The number of nitrogens with one attached hydrogen (secondary N) is 1. The van der Waals surface area contributed by atoms with E-state index in [2.05, 4.69) is 17.1 Å². The van der Waals surface area contributed by atoms with Crippen molar-refractivity contribution in [1.82, 2.24) is 10.2 Å². The van der Waals surface area contributed by atoms with E-state index in [9.17, 15) is 0 Å². The Morgan fingerprint density at radius 1 is 1.21 bits per heavy atom. The molecule has 0 aromatic carbocycles. The molecule has 1 aliphatic rings. The number of hydrogen-bond donors (Lipinski definition) is 1. The van der Waals surface area contributed by atoms with Crippen LogP contribution in [0.15, 0.2) is 0 Å². The van der Waals surface area contributed by atoms with Crippen LogP contribution in [0, 0.1) is 0 Å². The summed E-state index contributed by atoms with van der Waals surface area (Å²) in [5, 5.41) is 3.66. The maximum atomic E-state index is 5.49. The van der Waals surface area contributed by atoms with Gasteiger partial charge in [0.2, 0.25) is 0 Å². The topological polar surface area (TPSA) is 33.7 Å². The molecule has 0 aromatic heterocycles. The van der Waals surface area contributed by atoms with Gasteiger partial charge >= 0.3 is 0 Å². The van der Waals surface area contributed by atoms with Crippen LogP contribution >= 0.6 is 0 Å². The van der Waals surface area contributed by atoms with Gasteiger partial charge < -0.3 is 19.7 Å². The highest BCUT2D eigenvalue weighted by Crippen LogP contribution is 2.07. The summed E-state index contributed by atoms with van der Waals surface area (Å²) >= 11 is 0. The third kappa shape index (κ3) is 8.58. The summed E-state index contributed by atoms with van der Waals surface area (Å²) in [6, 6.07) is 0.699. The maximum absolute atomic E-state index is 5.49. The zero-order valence-corrected chi connectivity index (χ0v) is 12.8. The summed E-state index contributed by atoms with van der Waals surface area (Å²) in [7, 11) is 1.71. The van der Waals surface area contributed by atoms with Crippen LogP contribution in [0.5, 0.6) is 0 Å². The number of rotatable bonds is 10. The number of hydrogen-bond acceptors (Lipinski definition) is 4. The lowest BCUT2D eigenvalue weighted by Gasteiger charge is -2.24. The fraction of sp³-hybridized carbons (Fsp3) is 1.00. The molecule has 0 amide bonds. The fourth-order valence-electron chi connectivity index (χ4n) is 2.61. The lowest BCUT2D eigenvalue weighted by molar-refractivity contribution is 0.0676. The summed E-state index contributed by atoms with van der Waals surface area (Å²) in [5.74, 6) is 0. The van der Waals surface area contributed by atoms with Gasteiger partial charge in [-0.25, -0.2) is 0 Å². The molecular formula is C15H32N2O2. The molecule has 1 aliphatic heterocycles. The maximum Gasteiger partial charge on any atom is 0.0700 e. The van der Waals surface area contributed by atoms with E-state index in [1.54, 1.807) is 7.11 Å². The molecular weight excluding hydrogens is 240 g/mol. The van der Waals surface area contributed by atoms with Crippen LogP contribution in [0.25, 0.3) is 0 Å². The van der Waals surface area contributed by atoms with Crippen molar-refractivity contribution in [2.45, 2.75) is 45.1 Å². The van der Waals surface area contributed by atoms with Gasteiger partial charge in [-0.1, -0.05) is 13.3 Å². The Labute approximate surface area is 118 Å². The van der Waals surface area contributed by atoms with E-state index in [1.165, 1.54) is 51.9 Å². The van der Waals surface area contributed by atoms with Gasteiger partial charge in [-0.2, -0.15) is 0 Å². The average Bonchev–Trinajstić information content (AvgIpc) is 2.64. The van der Waals surface area contributed by atoms with Crippen molar-refractivity contribution in [3.63, 3.8) is 0 Å². The average molecular weight is 272 g/mol. The van der Waals surface area contributed by atoms with Crippen LogP contribution < -0.4 is 5.32 Å². The predicted octanol–water partition coefficient (Wildman–Crippen LogP) is 1.89. The van der Waals surface area contributed by atoms with E-state index in [1.807, 2.05) is 0 Å². The molecule has 1 saturated heterocycles. The van der Waals surface area contributed by atoms with Crippen LogP contribution in [-0.4, -0.2) is 64.1 Å². The van der Waals surface area contributed by atoms with Crippen molar-refractivity contribution in [1.29, 1.82) is 0 Å². The third-order valence-corrected chi connectivity index (χ3v) is 3.64. The molecule has 4 nitrogen and oxygen atoms in total. The normalized spacial score (nSPS) is 21.5. The Kier molecular flexibility index (Phi) is 10.4. The molecule has 1 fully saturated rings. The monoisotopic (exact) mass is 272 g/mol. The molecule has 1 unspecified atom stereocenters. The Morgan fingerprint density at radius 3 is 2.89 bits per heavy atom. The van der Waals surface area contributed by atoms with E-state index in [0.29, 0.717) is 12.6 Å². The molecule has 0 spiro atoms. The first-order chi connectivity index (χ1) is 9.36. The Hall–Kier alpha value is -0.160. The van der Waals surface area contributed by atoms with E-state index < -0.39 is 0 Å². The molecule has 0 saturated carbocycles. The number of methoxy groups -OCH3 is 1. The Bertz CT molecular complexity index is 203. The quantitative estimate of drug-likeness (QED) is 0.616. The smallest absolute Gasteiger partial charge is 0.0700 e. The standard InChI is InChI=1S/C15H32N2O2/c1-3-7-15-14-17(10-6-8-16-15)9-4-5-11-19-13-12-18-2/h15-16H,3-14H2,1-2H3. The molecule has 0 aromatic rings. The first-order valence-electron chi connectivity index (χ1n) is 7.89. The minimum atomic E-state index is 0.699. The zero-order chi connectivity index (χ0) is 13.8. The van der Waals surface area contributed by atoms with Gasteiger partial charge in [0, 0.05) is 26.3 Å². The zero-order valence-electron chi connectivity index (χ0n) is 12.8. The highest BCUT2D eigenvalue weighted by atomic mass is 16.5. The lowest BCUT2D eigenvalue weighted by atomic mass is 10.1. The predicted molar refractivity (Wildman–Crippen MR) is 79.7 cm³/mol. The highest BCUT2D eigenvalue weighted by molar-refractivity contribution is 4.76. The SMILES string of the molecule is CCCC1CN(CCCCOCCOC)CCCN1. The summed E-state index contributed by atoms with van der Waals surface area (Å²) in [6.07, 6.45) is 6.26. The molecule has 1 atom stereocenters. The van der Waals surface area contributed by atoms with Crippen LogP contribution in [0.3, 0.4) is 0 Å². The first kappa shape index (κ1) is 16.9. The van der Waals surface area contributed by atoms with Crippen LogP contribution in [0.1, 0.15) is 39.0 Å². The number of unbranched alkanes of at least 4 members (excludes halogenated alkanes) is 1. The molecule has 114 valence electrons.